The maximum absolute atomic E-state index is 5.91. The van der Waals surface area contributed by atoms with Gasteiger partial charge in [0.1, 0.15) is 0 Å². The Kier molecular flexibility index (Phi) is 5.60. The van der Waals surface area contributed by atoms with Gasteiger partial charge in [0.2, 0.25) is 0 Å². The van der Waals surface area contributed by atoms with Gasteiger partial charge in [-0.2, -0.15) is 0 Å². The second kappa shape index (κ2) is 7.44. The summed E-state index contributed by atoms with van der Waals surface area (Å²) in [5.74, 6) is 0. The minimum atomic E-state index is 0.692. The van der Waals surface area contributed by atoms with E-state index < -0.39 is 0 Å². The average molecular weight is 289 g/mol. The predicted octanol–water partition coefficient (Wildman–Crippen LogP) is 3.47. The maximum atomic E-state index is 5.91. The second-order valence-corrected chi connectivity index (χ2v) is 5.54. The third-order valence-electron chi connectivity index (χ3n) is 3.34. The van der Waals surface area contributed by atoms with E-state index in [9.17, 15) is 0 Å². The summed E-state index contributed by atoms with van der Waals surface area (Å²) in [6, 6.07) is 16.5. The number of halogens is 1. The predicted molar refractivity (Wildman–Crippen MR) is 85.8 cm³/mol. The second-order valence-electron chi connectivity index (χ2n) is 5.11. The molecule has 0 saturated carbocycles. The zero-order chi connectivity index (χ0) is 14.4. The highest BCUT2D eigenvalue weighted by molar-refractivity contribution is 6.30. The van der Waals surface area contributed by atoms with Gasteiger partial charge in [-0.3, -0.25) is 4.90 Å². The van der Waals surface area contributed by atoms with Crippen LogP contribution >= 0.6 is 11.6 Å². The van der Waals surface area contributed by atoms with Crippen molar-refractivity contribution < 1.29 is 0 Å². The Morgan fingerprint density at radius 2 is 1.60 bits per heavy atom. The molecule has 0 bridgehead atoms. The number of rotatable bonds is 6. The fraction of sp³-hybridized carbons (Fsp3) is 0.294. The molecule has 0 aliphatic carbocycles. The number of nitrogens with zero attached hydrogens (tertiary/aromatic N) is 1. The van der Waals surface area contributed by atoms with Crippen molar-refractivity contribution >= 4 is 11.6 Å². The molecule has 0 heterocycles. The van der Waals surface area contributed by atoms with Gasteiger partial charge in [-0.05, 0) is 48.8 Å². The molecule has 0 radical (unpaired) electrons. The lowest BCUT2D eigenvalue weighted by Crippen LogP contribution is -2.18. The van der Waals surface area contributed by atoms with E-state index >= 15 is 0 Å². The minimum Gasteiger partial charge on any atom is -0.330 e. The van der Waals surface area contributed by atoms with Crippen LogP contribution in [-0.2, 0) is 19.5 Å². The summed E-state index contributed by atoms with van der Waals surface area (Å²) in [5, 5.41) is 0.782. The van der Waals surface area contributed by atoms with Crippen LogP contribution in [0.25, 0.3) is 0 Å². The van der Waals surface area contributed by atoms with Crippen LogP contribution in [0.15, 0.2) is 48.5 Å². The van der Waals surface area contributed by atoms with Crippen molar-refractivity contribution in [1.82, 2.24) is 4.90 Å². The molecule has 0 aromatic heterocycles. The number of hydrogen-bond donors (Lipinski definition) is 1. The zero-order valence-corrected chi connectivity index (χ0v) is 12.6. The Morgan fingerprint density at radius 1 is 0.950 bits per heavy atom. The van der Waals surface area contributed by atoms with Crippen molar-refractivity contribution in [3.63, 3.8) is 0 Å². The number of hydrogen-bond acceptors (Lipinski definition) is 2. The first-order valence-corrected chi connectivity index (χ1v) is 7.26. The van der Waals surface area contributed by atoms with Gasteiger partial charge >= 0.3 is 0 Å². The monoisotopic (exact) mass is 288 g/mol. The molecule has 0 aliphatic rings. The molecule has 0 saturated heterocycles. The molecule has 2 rings (SSSR count). The molecule has 2 N–H and O–H groups in total. The highest BCUT2D eigenvalue weighted by Crippen LogP contribution is 2.15. The first-order chi connectivity index (χ1) is 9.69. The lowest BCUT2D eigenvalue weighted by Gasteiger charge is -2.19. The van der Waals surface area contributed by atoms with E-state index in [0.29, 0.717) is 6.54 Å². The molecule has 0 amide bonds. The molecule has 20 heavy (non-hydrogen) atoms. The summed E-state index contributed by atoms with van der Waals surface area (Å²) in [6.07, 6.45) is 0.935. The Bertz CT molecular complexity index is 537. The average Bonchev–Trinajstić information content (AvgIpc) is 2.44. The normalized spacial score (nSPS) is 11.0. The zero-order valence-electron chi connectivity index (χ0n) is 11.8. The summed E-state index contributed by atoms with van der Waals surface area (Å²) in [7, 11) is 2.13. The van der Waals surface area contributed by atoms with Crippen molar-refractivity contribution in [3.8, 4) is 0 Å². The van der Waals surface area contributed by atoms with Crippen LogP contribution in [0.4, 0.5) is 0 Å². The molecule has 0 aliphatic heterocycles. The Labute approximate surface area is 126 Å². The van der Waals surface area contributed by atoms with Crippen LogP contribution in [0.1, 0.15) is 16.7 Å². The highest BCUT2D eigenvalue weighted by Gasteiger charge is 2.05. The van der Waals surface area contributed by atoms with Crippen LogP contribution in [0.3, 0.4) is 0 Å². The van der Waals surface area contributed by atoms with Crippen LogP contribution in [0.2, 0.25) is 5.02 Å². The maximum Gasteiger partial charge on any atom is 0.0406 e. The SMILES string of the molecule is CN(Cc1ccc(Cl)cc1)Cc1ccccc1CCN. The quantitative estimate of drug-likeness (QED) is 0.882. The molecule has 106 valence electrons. The summed E-state index contributed by atoms with van der Waals surface area (Å²) < 4.78 is 0. The van der Waals surface area contributed by atoms with Crippen molar-refractivity contribution in [2.75, 3.05) is 13.6 Å². The molecule has 2 aromatic carbocycles. The van der Waals surface area contributed by atoms with Gasteiger partial charge < -0.3 is 5.73 Å². The third-order valence-corrected chi connectivity index (χ3v) is 3.59. The van der Waals surface area contributed by atoms with E-state index in [4.69, 9.17) is 17.3 Å². The van der Waals surface area contributed by atoms with Crippen molar-refractivity contribution in [2.45, 2.75) is 19.5 Å². The molecular weight excluding hydrogens is 268 g/mol. The Balaban J connectivity index is 2.00. The Morgan fingerprint density at radius 3 is 2.25 bits per heavy atom. The van der Waals surface area contributed by atoms with Gasteiger partial charge in [-0.25, -0.2) is 0 Å². The summed E-state index contributed by atoms with van der Waals surface area (Å²) in [4.78, 5) is 2.30. The highest BCUT2D eigenvalue weighted by atomic mass is 35.5. The standard InChI is InChI=1S/C17H21ClN2/c1-20(12-14-6-8-17(18)9-7-14)13-16-5-3-2-4-15(16)10-11-19/h2-9H,10-13,19H2,1H3. The van der Waals surface area contributed by atoms with E-state index in [-0.39, 0.29) is 0 Å². The molecule has 0 spiro atoms. The topological polar surface area (TPSA) is 29.3 Å². The van der Waals surface area contributed by atoms with Gasteiger partial charge in [-0.15, -0.1) is 0 Å². The van der Waals surface area contributed by atoms with Crippen LogP contribution in [-0.4, -0.2) is 18.5 Å². The number of nitrogens with two attached hydrogens (primary N) is 1. The lowest BCUT2D eigenvalue weighted by molar-refractivity contribution is 0.318. The van der Waals surface area contributed by atoms with Gasteiger partial charge in [0, 0.05) is 18.1 Å². The lowest BCUT2D eigenvalue weighted by atomic mass is 10.0. The van der Waals surface area contributed by atoms with Gasteiger partial charge in [0.05, 0.1) is 0 Å². The fourth-order valence-corrected chi connectivity index (χ4v) is 2.49. The number of benzene rings is 2. The Hall–Kier alpha value is -1.35. The third kappa shape index (κ3) is 4.34. The summed E-state index contributed by atoms with van der Waals surface area (Å²) >= 11 is 5.91. The van der Waals surface area contributed by atoms with Crippen molar-refractivity contribution in [2.24, 2.45) is 5.73 Å². The molecule has 3 heteroatoms. The van der Waals surface area contributed by atoms with Crippen LogP contribution in [0, 0.1) is 0 Å². The van der Waals surface area contributed by atoms with E-state index in [1.807, 2.05) is 12.1 Å². The smallest absolute Gasteiger partial charge is 0.0406 e. The minimum absolute atomic E-state index is 0.692. The summed E-state index contributed by atoms with van der Waals surface area (Å²) in [5.41, 5.74) is 9.64. The van der Waals surface area contributed by atoms with Gasteiger partial charge in [0.25, 0.3) is 0 Å². The van der Waals surface area contributed by atoms with Gasteiger partial charge in [0.15, 0.2) is 0 Å². The van der Waals surface area contributed by atoms with E-state index in [1.165, 1.54) is 16.7 Å². The molecule has 2 nitrogen and oxygen atoms in total. The van der Waals surface area contributed by atoms with Crippen molar-refractivity contribution in [3.05, 3.63) is 70.2 Å². The first kappa shape index (κ1) is 15.0. The van der Waals surface area contributed by atoms with Crippen molar-refractivity contribution in [1.29, 1.82) is 0 Å². The van der Waals surface area contributed by atoms with Gasteiger partial charge in [-0.1, -0.05) is 48.0 Å². The summed E-state index contributed by atoms with van der Waals surface area (Å²) in [6.45, 7) is 2.53. The fourth-order valence-electron chi connectivity index (χ4n) is 2.36. The van der Waals surface area contributed by atoms with E-state index in [1.54, 1.807) is 0 Å². The largest absolute Gasteiger partial charge is 0.330 e. The van der Waals surface area contributed by atoms with E-state index in [2.05, 4.69) is 48.3 Å². The van der Waals surface area contributed by atoms with Crippen LogP contribution in [0.5, 0.6) is 0 Å². The molecular formula is C17H21ClN2. The molecule has 0 atom stereocenters. The molecule has 0 fully saturated rings. The molecule has 0 unspecified atom stereocenters. The van der Waals surface area contributed by atoms with Crippen LogP contribution < -0.4 is 5.73 Å². The molecule has 2 aromatic rings. The van der Waals surface area contributed by atoms with E-state index in [0.717, 1.165) is 24.5 Å². The first-order valence-electron chi connectivity index (χ1n) is 6.89.